The minimum atomic E-state index is -4.86. The quantitative estimate of drug-likeness (QED) is 0.516. The summed E-state index contributed by atoms with van der Waals surface area (Å²) in [5.41, 5.74) is -2.25. The maximum atomic E-state index is 14.2. The molecule has 0 bridgehead atoms. The van der Waals surface area contributed by atoms with Crippen LogP contribution in [0.3, 0.4) is 0 Å². The molecule has 1 amide bonds. The van der Waals surface area contributed by atoms with Gasteiger partial charge in [-0.05, 0) is 42.3 Å². The van der Waals surface area contributed by atoms with Gasteiger partial charge in [0.25, 0.3) is 11.5 Å². The number of nitrogens with one attached hydrogen (secondary N) is 1. The van der Waals surface area contributed by atoms with Crippen molar-refractivity contribution in [1.29, 1.82) is 0 Å². The summed E-state index contributed by atoms with van der Waals surface area (Å²) in [4.78, 5) is 22.6. The number of amidine groups is 1. The number of pyridine rings is 1. The second-order valence-corrected chi connectivity index (χ2v) is 9.06. The summed E-state index contributed by atoms with van der Waals surface area (Å²) in [6.45, 7) is 0.972. The van der Waals surface area contributed by atoms with Crippen LogP contribution in [-0.2, 0) is 23.5 Å². The van der Waals surface area contributed by atoms with Crippen LogP contribution in [-0.4, -0.2) is 40.0 Å². The number of aromatic nitrogens is 1. The van der Waals surface area contributed by atoms with Gasteiger partial charge in [0.05, 0.1) is 6.42 Å². The Bertz CT molecular complexity index is 1180. The van der Waals surface area contributed by atoms with E-state index in [-0.39, 0.29) is 40.2 Å². The second-order valence-electron chi connectivity index (χ2n) is 8.19. The molecule has 2 aliphatic rings. The molecule has 188 valence electrons. The Labute approximate surface area is 204 Å². The molecule has 0 saturated carbocycles. The largest absolute Gasteiger partial charge is 0.435 e. The summed E-state index contributed by atoms with van der Waals surface area (Å²) >= 11 is 11.8. The van der Waals surface area contributed by atoms with Gasteiger partial charge < -0.3 is 15.1 Å². The molecule has 0 radical (unpaired) electrons. The van der Waals surface area contributed by atoms with Crippen molar-refractivity contribution in [1.82, 2.24) is 15.2 Å². The molecule has 6 nitrogen and oxygen atoms in total. The van der Waals surface area contributed by atoms with Crippen LogP contribution in [0.2, 0.25) is 10.0 Å². The highest BCUT2D eigenvalue weighted by Crippen LogP contribution is 2.49. The molecule has 2 unspecified atom stereocenters. The van der Waals surface area contributed by atoms with E-state index in [1.54, 1.807) is 0 Å². The van der Waals surface area contributed by atoms with Gasteiger partial charge in [-0.3, -0.25) is 9.78 Å². The number of amides is 1. The van der Waals surface area contributed by atoms with E-state index in [1.165, 1.54) is 23.2 Å². The Morgan fingerprint density at radius 3 is 2.31 bits per heavy atom. The molecule has 1 aromatic carbocycles. The molecule has 14 heteroatoms. The number of hydrogen-bond acceptors (Lipinski definition) is 5. The number of nitrogens with zero attached hydrogens (tertiary/aromatic N) is 3. The maximum absolute atomic E-state index is 14.2. The van der Waals surface area contributed by atoms with Crippen molar-refractivity contribution in [3.05, 3.63) is 62.9 Å². The molecule has 2 atom stereocenters. The standard InChI is InChI=1S/C21H16Cl2F6N4O2/c1-10(20(24,25)26)31-18(34)16-2-11-8-33(9-12(11)7-30-16)17-6-19(35-32-17,21(27,28)29)13-3-14(22)5-15(23)4-13/h2-5,7,10H,6,8-9H2,1H3,(H,31,34). The molecule has 4 rings (SSSR count). The molecule has 35 heavy (non-hydrogen) atoms. The molecule has 0 fully saturated rings. The van der Waals surface area contributed by atoms with Gasteiger partial charge >= 0.3 is 12.4 Å². The van der Waals surface area contributed by atoms with Gasteiger partial charge in [-0.25, -0.2) is 0 Å². The van der Waals surface area contributed by atoms with E-state index in [1.807, 2.05) is 5.32 Å². The van der Waals surface area contributed by atoms with Crippen LogP contribution in [0.5, 0.6) is 0 Å². The molecular weight excluding hydrogens is 525 g/mol. The fourth-order valence-electron chi connectivity index (χ4n) is 3.79. The average Bonchev–Trinajstić information content (AvgIpc) is 3.36. The maximum Gasteiger partial charge on any atom is 0.435 e. The molecule has 1 N–H and O–H groups in total. The fraction of sp³-hybridized carbons (Fsp3) is 0.381. The van der Waals surface area contributed by atoms with E-state index in [2.05, 4.69) is 10.1 Å². The Hall–Kier alpha value is -2.73. The van der Waals surface area contributed by atoms with Crippen LogP contribution in [0.25, 0.3) is 0 Å². The number of alkyl halides is 6. The van der Waals surface area contributed by atoms with Crippen molar-refractivity contribution < 1.29 is 36.0 Å². The lowest BCUT2D eigenvalue weighted by molar-refractivity contribution is -0.275. The normalized spacial score (nSPS) is 20.8. The molecule has 2 aliphatic heterocycles. The molecule has 0 spiro atoms. The van der Waals surface area contributed by atoms with E-state index < -0.39 is 36.3 Å². The van der Waals surface area contributed by atoms with Crippen LogP contribution in [0.1, 0.15) is 40.5 Å². The van der Waals surface area contributed by atoms with Crippen LogP contribution in [0.4, 0.5) is 26.3 Å². The predicted octanol–water partition coefficient (Wildman–Crippen LogP) is 5.58. The van der Waals surface area contributed by atoms with E-state index in [4.69, 9.17) is 28.0 Å². The predicted molar refractivity (Wildman–Crippen MR) is 114 cm³/mol. The molecule has 0 saturated heterocycles. The van der Waals surface area contributed by atoms with Crippen molar-refractivity contribution in [3.8, 4) is 0 Å². The summed E-state index contributed by atoms with van der Waals surface area (Å²) in [6.07, 6.45) is -8.85. The molecule has 0 aliphatic carbocycles. The first-order valence-corrected chi connectivity index (χ1v) is 10.8. The summed E-state index contributed by atoms with van der Waals surface area (Å²) in [6, 6.07) is 2.73. The summed E-state index contributed by atoms with van der Waals surface area (Å²) in [5.74, 6) is -1.03. The zero-order valence-corrected chi connectivity index (χ0v) is 19.3. The first-order valence-electron chi connectivity index (χ1n) is 10.1. The zero-order valence-electron chi connectivity index (χ0n) is 17.8. The number of carbonyl (C=O) groups excluding carboxylic acids is 1. The van der Waals surface area contributed by atoms with Gasteiger partial charge in [0.2, 0.25) is 0 Å². The van der Waals surface area contributed by atoms with Crippen molar-refractivity contribution in [2.45, 2.75) is 50.4 Å². The van der Waals surface area contributed by atoms with Crippen molar-refractivity contribution in [2.75, 3.05) is 0 Å². The minimum absolute atomic E-state index is 0.00141. The monoisotopic (exact) mass is 540 g/mol. The molecule has 3 heterocycles. The molecule has 2 aromatic rings. The van der Waals surface area contributed by atoms with Crippen molar-refractivity contribution >= 4 is 34.9 Å². The number of oxime groups is 1. The van der Waals surface area contributed by atoms with E-state index >= 15 is 0 Å². The molecular formula is C21H16Cl2F6N4O2. The smallest absolute Gasteiger partial charge is 0.372 e. The number of benzene rings is 1. The highest BCUT2D eigenvalue weighted by Gasteiger charge is 2.63. The van der Waals surface area contributed by atoms with Crippen LogP contribution in [0, 0.1) is 0 Å². The van der Waals surface area contributed by atoms with Gasteiger partial charge in [0.1, 0.15) is 17.6 Å². The van der Waals surface area contributed by atoms with Gasteiger partial charge in [0, 0.05) is 34.9 Å². The lowest BCUT2D eigenvalue weighted by Crippen LogP contribution is -2.43. The van der Waals surface area contributed by atoms with Crippen LogP contribution < -0.4 is 5.32 Å². The van der Waals surface area contributed by atoms with E-state index in [9.17, 15) is 31.1 Å². The molecule has 1 aromatic heterocycles. The van der Waals surface area contributed by atoms with Crippen LogP contribution in [0.15, 0.2) is 35.6 Å². The van der Waals surface area contributed by atoms with E-state index in [0.717, 1.165) is 19.1 Å². The number of halogens is 8. The first kappa shape index (κ1) is 25.4. The zero-order chi connectivity index (χ0) is 25.8. The number of fused-ring (bicyclic) bond motifs is 1. The highest BCUT2D eigenvalue weighted by molar-refractivity contribution is 6.34. The van der Waals surface area contributed by atoms with Gasteiger partial charge in [-0.1, -0.05) is 28.4 Å². The summed E-state index contributed by atoms with van der Waals surface area (Å²) < 4.78 is 80.7. The third kappa shape index (κ3) is 4.86. The van der Waals surface area contributed by atoms with Crippen molar-refractivity contribution in [2.24, 2.45) is 5.16 Å². The summed E-state index contributed by atoms with van der Waals surface area (Å²) in [5, 5.41) is 5.51. The number of rotatable bonds is 3. The van der Waals surface area contributed by atoms with Crippen LogP contribution >= 0.6 is 23.2 Å². The van der Waals surface area contributed by atoms with Gasteiger partial charge in [-0.15, -0.1) is 0 Å². The number of hydrogen-bond donors (Lipinski definition) is 1. The topological polar surface area (TPSA) is 66.8 Å². The number of carbonyl (C=O) groups is 1. The summed E-state index contributed by atoms with van der Waals surface area (Å²) in [7, 11) is 0. The Morgan fingerprint density at radius 1 is 1.09 bits per heavy atom. The first-order chi connectivity index (χ1) is 16.2. The highest BCUT2D eigenvalue weighted by atomic mass is 35.5. The third-order valence-corrected chi connectivity index (χ3v) is 6.18. The minimum Gasteiger partial charge on any atom is -0.372 e. The lowest BCUT2D eigenvalue weighted by atomic mass is 9.89. The van der Waals surface area contributed by atoms with Gasteiger partial charge in [0.15, 0.2) is 0 Å². The van der Waals surface area contributed by atoms with E-state index in [0.29, 0.717) is 11.1 Å². The van der Waals surface area contributed by atoms with Gasteiger partial charge in [-0.2, -0.15) is 26.3 Å². The Kier molecular flexibility index (Phi) is 6.33. The Balaban J connectivity index is 1.53. The lowest BCUT2D eigenvalue weighted by Gasteiger charge is -2.30. The van der Waals surface area contributed by atoms with Crippen molar-refractivity contribution in [3.63, 3.8) is 0 Å². The second kappa shape index (κ2) is 8.74. The average molecular weight is 541 g/mol. The third-order valence-electron chi connectivity index (χ3n) is 5.74. The SMILES string of the molecule is CC(NC(=O)c1cc2c(cn1)CN(C1=NOC(c3cc(Cl)cc(Cl)c3)(C(F)(F)F)C1)C2)C(F)(F)F. The fourth-order valence-corrected chi connectivity index (χ4v) is 4.31. The Morgan fingerprint density at radius 2 is 1.71 bits per heavy atom.